The third-order valence-corrected chi connectivity index (χ3v) is 3.03. The molecule has 0 aliphatic rings. The van der Waals surface area contributed by atoms with E-state index < -0.39 is 0 Å². The van der Waals surface area contributed by atoms with Gasteiger partial charge in [-0.25, -0.2) is 0 Å². The summed E-state index contributed by atoms with van der Waals surface area (Å²) in [5.74, 6) is 0.611. The molecule has 0 fully saturated rings. The van der Waals surface area contributed by atoms with Crippen molar-refractivity contribution in [1.82, 2.24) is 0 Å². The summed E-state index contributed by atoms with van der Waals surface area (Å²) in [7, 11) is 0. The van der Waals surface area contributed by atoms with Gasteiger partial charge in [0.1, 0.15) is 11.6 Å². The van der Waals surface area contributed by atoms with E-state index in [0.29, 0.717) is 22.9 Å². The Morgan fingerprint density at radius 3 is 2.53 bits per heavy atom. The van der Waals surface area contributed by atoms with E-state index >= 15 is 0 Å². The summed E-state index contributed by atoms with van der Waals surface area (Å²) in [4.78, 5) is 0. The number of nitrogen functional groups attached to an aromatic ring is 1. The molecule has 19 heavy (non-hydrogen) atoms. The number of rotatable bonds is 5. The lowest BCUT2D eigenvalue weighted by Gasteiger charge is -2.09. The van der Waals surface area contributed by atoms with Gasteiger partial charge in [-0.2, -0.15) is 0 Å². The summed E-state index contributed by atoms with van der Waals surface area (Å²) >= 11 is 6.08. The molecular formula is C15H15ClN2O. The average molecular weight is 275 g/mol. The number of amidine groups is 1. The Balaban J connectivity index is 1.95. The standard InChI is InChI=1S/C15H15ClN2O/c16-13-10-12(15(17)18)6-7-14(13)19-9-8-11-4-2-1-3-5-11/h1-7,10H,8-9H2,(H3,17,18). The van der Waals surface area contributed by atoms with Gasteiger partial charge in [-0.1, -0.05) is 41.9 Å². The van der Waals surface area contributed by atoms with Crippen LogP contribution in [0.1, 0.15) is 11.1 Å². The van der Waals surface area contributed by atoms with Gasteiger partial charge in [0.05, 0.1) is 11.6 Å². The second-order valence-corrected chi connectivity index (χ2v) is 4.55. The Kier molecular flexibility index (Phi) is 4.42. The van der Waals surface area contributed by atoms with Gasteiger partial charge >= 0.3 is 0 Å². The van der Waals surface area contributed by atoms with Crippen molar-refractivity contribution in [3.8, 4) is 5.75 Å². The Bertz CT molecular complexity index is 570. The molecule has 0 atom stereocenters. The lowest BCUT2D eigenvalue weighted by molar-refractivity contribution is 0.322. The second-order valence-electron chi connectivity index (χ2n) is 4.14. The summed E-state index contributed by atoms with van der Waals surface area (Å²) in [5.41, 5.74) is 7.21. The fourth-order valence-corrected chi connectivity index (χ4v) is 1.94. The fraction of sp³-hybridized carbons (Fsp3) is 0.133. The van der Waals surface area contributed by atoms with Gasteiger partial charge in [0.15, 0.2) is 0 Å². The molecule has 3 nitrogen and oxygen atoms in total. The van der Waals surface area contributed by atoms with Crippen LogP contribution in [-0.2, 0) is 6.42 Å². The SMILES string of the molecule is N=C(N)c1ccc(OCCc2ccccc2)c(Cl)c1. The molecule has 0 unspecified atom stereocenters. The molecule has 0 saturated heterocycles. The van der Waals surface area contributed by atoms with Crippen molar-refractivity contribution in [2.45, 2.75) is 6.42 Å². The number of hydrogen-bond donors (Lipinski definition) is 2. The van der Waals surface area contributed by atoms with Crippen molar-refractivity contribution in [2.24, 2.45) is 5.73 Å². The Labute approximate surface area is 117 Å². The van der Waals surface area contributed by atoms with Crippen molar-refractivity contribution in [2.75, 3.05) is 6.61 Å². The number of halogens is 1. The first kappa shape index (κ1) is 13.4. The lowest BCUT2D eigenvalue weighted by Crippen LogP contribution is -2.11. The fourth-order valence-electron chi connectivity index (χ4n) is 1.71. The molecule has 0 aromatic heterocycles. The third-order valence-electron chi connectivity index (χ3n) is 2.73. The molecular weight excluding hydrogens is 260 g/mol. The molecule has 0 aliphatic carbocycles. The van der Waals surface area contributed by atoms with Crippen LogP contribution in [0.25, 0.3) is 0 Å². The highest BCUT2D eigenvalue weighted by molar-refractivity contribution is 6.32. The third kappa shape index (κ3) is 3.73. The highest BCUT2D eigenvalue weighted by Crippen LogP contribution is 2.25. The van der Waals surface area contributed by atoms with Gasteiger partial charge in [-0.05, 0) is 23.8 Å². The van der Waals surface area contributed by atoms with Crippen LogP contribution >= 0.6 is 11.6 Å². The largest absolute Gasteiger partial charge is 0.492 e. The minimum absolute atomic E-state index is 0.00210. The van der Waals surface area contributed by atoms with Crippen LogP contribution in [0.2, 0.25) is 5.02 Å². The van der Waals surface area contributed by atoms with E-state index in [9.17, 15) is 0 Å². The van der Waals surface area contributed by atoms with Crippen LogP contribution < -0.4 is 10.5 Å². The monoisotopic (exact) mass is 274 g/mol. The summed E-state index contributed by atoms with van der Waals surface area (Å²) in [5, 5.41) is 7.80. The van der Waals surface area contributed by atoms with Gasteiger partial charge < -0.3 is 10.5 Å². The zero-order valence-electron chi connectivity index (χ0n) is 10.4. The molecule has 3 N–H and O–H groups in total. The van der Waals surface area contributed by atoms with E-state index in [0.717, 1.165) is 6.42 Å². The molecule has 2 rings (SSSR count). The van der Waals surface area contributed by atoms with Crippen molar-refractivity contribution >= 4 is 17.4 Å². The average Bonchev–Trinajstić information content (AvgIpc) is 2.41. The quantitative estimate of drug-likeness (QED) is 0.649. The molecule has 98 valence electrons. The van der Waals surface area contributed by atoms with Gasteiger partial charge in [0.2, 0.25) is 0 Å². The maximum absolute atomic E-state index is 7.33. The summed E-state index contributed by atoms with van der Waals surface area (Å²) < 4.78 is 5.63. The van der Waals surface area contributed by atoms with Crippen LogP contribution in [0.3, 0.4) is 0 Å². The first-order valence-corrected chi connectivity index (χ1v) is 6.35. The maximum Gasteiger partial charge on any atom is 0.137 e. The highest BCUT2D eigenvalue weighted by atomic mass is 35.5. The number of benzene rings is 2. The maximum atomic E-state index is 7.33. The Morgan fingerprint density at radius 2 is 1.89 bits per heavy atom. The molecule has 0 amide bonds. The Morgan fingerprint density at radius 1 is 1.16 bits per heavy atom. The van der Waals surface area contributed by atoms with Gasteiger partial charge in [-0.15, -0.1) is 0 Å². The van der Waals surface area contributed by atoms with Crippen molar-refractivity contribution in [3.05, 3.63) is 64.7 Å². The van der Waals surface area contributed by atoms with Crippen LogP contribution in [-0.4, -0.2) is 12.4 Å². The predicted octanol–water partition coefficient (Wildman–Crippen LogP) is 3.25. The minimum Gasteiger partial charge on any atom is -0.492 e. The number of nitrogens with one attached hydrogen (secondary N) is 1. The van der Waals surface area contributed by atoms with Gasteiger partial charge in [0, 0.05) is 12.0 Å². The number of nitrogens with two attached hydrogens (primary N) is 1. The normalized spacial score (nSPS) is 10.2. The van der Waals surface area contributed by atoms with Crippen molar-refractivity contribution in [3.63, 3.8) is 0 Å². The zero-order chi connectivity index (χ0) is 13.7. The number of hydrogen-bond acceptors (Lipinski definition) is 2. The topological polar surface area (TPSA) is 59.1 Å². The van der Waals surface area contributed by atoms with E-state index in [1.54, 1.807) is 18.2 Å². The molecule has 0 aliphatic heterocycles. The van der Waals surface area contributed by atoms with Crippen LogP contribution in [0.15, 0.2) is 48.5 Å². The minimum atomic E-state index is -0.00210. The van der Waals surface area contributed by atoms with Crippen LogP contribution in [0, 0.1) is 5.41 Å². The van der Waals surface area contributed by atoms with Gasteiger partial charge in [0.25, 0.3) is 0 Å². The summed E-state index contributed by atoms with van der Waals surface area (Å²) in [6, 6.07) is 15.2. The molecule has 0 bridgehead atoms. The van der Waals surface area contributed by atoms with E-state index in [4.69, 9.17) is 27.5 Å². The smallest absolute Gasteiger partial charge is 0.137 e. The van der Waals surface area contributed by atoms with E-state index in [-0.39, 0.29) is 5.84 Å². The van der Waals surface area contributed by atoms with Crippen LogP contribution in [0.5, 0.6) is 5.75 Å². The van der Waals surface area contributed by atoms with Crippen molar-refractivity contribution < 1.29 is 4.74 Å². The van der Waals surface area contributed by atoms with Crippen molar-refractivity contribution in [1.29, 1.82) is 5.41 Å². The molecule has 2 aromatic rings. The van der Waals surface area contributed by atoms with E-state index in [1.807, 2.05) is 18.2 Å². The summed E-state index contributed by atoms with van der Waals surface area (Å²) in [6.07, 6.45) is 0.825. The molecule has 2 aromatic carbocycles. The molecule has 0 spiro atoms. The molecule has 0 saturated carbocycles. The predicted molar refractivity (Wildman–Crippen MR) is 78.1 cm³/mol. The molecule has 0 radical (unpaired) electrons. The van der Waals surface area contributed by atoms with Crippen LogP contribution in [0.4, 0.5) is 0 Å². The zero-order valence-corrected chi connectivity index (χ0v) is 11.2. The van der Waals surface area contributed by atoms with Gasteiger partial charge in [-0.3, -0.25) is 5.41 Å². The molecule has 0 heterocycles. The lowest BCUT2D eigenvalue weighted by atomic mass is 10.2. The first-order valence-electron chi connectivity index (χ1n) is 5.97. The van der Waals surface area contributed by atoms with E-state index in [2.05, 4.69) is 12.1 Å². The highest BCUT2D eigenvalue weighted by Gasteiger charge is 2.04. The first-order chi connectivity index (χ1) is 9.16. The van der Waals surface area contributed by atoms with E-state index in [1.165, 1.54) is 5.56 Å². The summed E-state index contributed by atoms with van der Waals surface area (Å²) in [6.45, 7) is 0.559. The number of ether oxygens (including phenoxy) is 1. The Hall–Kier alpha value is -2.00. The second kappa shape index (κ2) is 6.25. The molecule has 4 heteroatoms.